The van der Waals surface area contributed by atoms with Gasteiger partial charge in [0.1, 0.15) is 0 Å². The fourth-order valence-electron chi connectivity index (χ4n) is 3.35. The molecule has 0 spiro atoms. The summed E-state index contributed by atoms with van der Waals surface area (Å²) in [7, 11) is -1.05. The van der Waals surface area contributed by atoms with Crippen molar-refractivity contribution in [2.45, 2.75) is 39.8 Å². The first-order valence-electron chi connectivity index (χ1n) is 8.46. The van der Waals surface area contributed by atoms with Gasteiger partial charge in [0.05, 0.1) is 18.1 Å². The Hall–Kier alpha value is -1.40. The highest BCUT2D eigenvalue weighted by molar-refractivity contribution is 7.91. The lowest BCUT2D eigenvalue weighted by molar-refractivity contribution is -0.133. The third-order valence-electron chi connectivity index (χ3n) is 4.65. The average Bonchev–Trinajstić information content (AvgIpc) is 2.82. The van der Waals surface area contributed by atoms with E-state index in [1.165, 1.54) is 16.7 Å². The van der Waals surface area contributed by atoms with E-state index in [1.807, 2.05) is 18.9 Å². The number of amides is 1. The number of carbonyl (C=O) groups is 1. The van der Waals surface area contributed by atoms with Crippen molar-refractivity contribution in [3.8, 4) is 0 Å². The van der Waals surface area contributed by atoms with Crippen molar-refractivity contribution in [2.24, 2.45) is 0 Å². The summed E-state index contributed by atoms with van der Waals surface area (Å²) in [6, 6.07) is 6.17. The number of hydrogen-bond donors (Lipinski definition) is 0. The Kier molecular flexibility index (Phi) is 6.04. The van der Waals surface area contributed by atoms with Crippen molar-refractivity contribution in [3.63, 3.8) is 0 Å². The topological polar surface area (TPSA) is 57.7 Å². The van der Waals surface area contributed by atoms with Gasteiger partial charge in [0.15, 0.2) is 9.84 Å². The van der Waals surface area contributed by atoms with Crippen molar-refractivity contribution in [2.75, 3.05) is 31.6 Å². The summed E-state index contributed by atoms with van der Waals surface area (Å²) in [4.78, 5) is 16.3. The van der Waals surface area contributed by atoms with Crippen LogP contribution in [0.4, 0.5) is 0 Å². The standard InChI is InChI=1S/C18H28N2O3S/c1-5-20(17-8-9-24(22,23)13-17)18(21)12-19(4)11-16-7-6-14(2)10-15(16)3/h6-7,10,17H,5,8-9,11-13H2,1-4H3/t17-/m0/s1. The Balaban J connectivity index is 1.97. The highest BCUT2D eigenvalue weighted by Gasteiger charge is 2.33. The van der Waals surface area contributed by atoms with Gasteiger partial charge in [0.2, 0.25) is 5.91 Å². The molecular weight excluding hydrogens is 324 g/mol. The minimum atomic E-state index is -2.98. The molecule has 1 aliphatic rings. The number of sulfone groups is 1. The largest absolute Gasteiger partial charge is 0.338 e. The second-order valence-electron chi connectivity index (χ2n) is 6.84. The van der Waals surface area contributed by atoms with E-state index in [9.17, 15) is 13.2 Å². The number of benzene rings is 1. The van der Waals surface area contributed by atoms with Gasteiger partial charge in [-0.1, -0.05) is 23.8 Å². The first kappa shape index (κ1) is 18.9. The van der Waals surface area contributed by atoms with Crippen LogP contribution in [-0.4, -0.2) is 61.8 Å². The molecule has 1 aliphatic heterocycles. The van der Waals surface area contributed by atoms with Crippen molar-refractivity contribution >= 4 is 15.7 Å². The molecule has 1 heterocycles. The number of nitrogens with zero attached hydrogens (tertiary/aromatic N) is 2. The Bertz CT molecular complexity index is 700. The molecule has 0 aromatic heterocycles. The molecule has 2 rings (SSSR count). The maximum atomic E-state index is 12.6. The van der Waals surface area contributed by atoms with E-state index in [4.69, 9.17) is 0 Å². The Morgan fingerprint density at radius 2 is 2.00 bits per heavy atom. The highest BCUT2D eigenvalue weighted by atomic mass is 32.2. The van der Waals surface area contributed by atoms with Gasteiger partial charge in [-0.15, -0.1) is 0 Å². The summed E-state index contributed by atoms with van der Waals surface area (Å²) < 4.78 is 23.3. The molecule has 1 aromatic carbocycles. The molecule has 1 aromatic rings. The van der Waals surface area contributed by atoms with E-state index in [-0.39, 0.29) is 23.5 Å². The zero-order chi connectivity index (χ0) is 17.9. The van der Waals surface area contributed by atoms with Gasteiger partial charge in [0.25, 0.3) is 0 Å². The maximum absolute atomic E-state index is 12.6. The highest BCUT2D eigenvalue weighted by Crippen LogP contribution is 2.18. The molecule has 6 heteroatoms. The number of aryl methyl sites for hydroxylation is 2. The fourth-order valence-corrected chi connectivity index (χ4v) is 5.08. The van der Waals surface area contributed by atoms with Crippen LogP contribution < -0.4 is 0 Å². The van der Waals surface area contributed by atoms with Gasteiger partial charge in [-0.2, -0.15) is 0 Å². The fraction of sp³-hybridized carbons (Fsp3) is 0.611. The molecule has 24 heavy (non-hydrogen) atoms. The molecule has 0 aliphatic carbocycles. The van der Waals surface area contributed by atoms with Crippen molar-refractivity contribution in [1.29, 1.82) is 0 Å². The smallest absolute Gasteiger partial charge is 0.237 e. The predicted molar refractivity (Wildman–Crippen MR) is 96.7 cm³/mol. The van der Waals surface area contributed by atoms with Crippen LogP contribution in [0.3, 0.4) is 0 Å². The average molecular weight is 353 g/mol. The lowest BCUT2D eigenvalue weighted by atomic mass is 10.1. The molecule has 1 saturated heterocycles. The minimum absolute atomic E-state index is 0.00636. The summed E-state index contributed by atoms with van der Waals surface area (Å²) >= 11 is 0. The molecule has 1 amide bonds. The molecule has 1 fully saturated rings. The Morgan fingerprint density at radius 3 is 2.54 bits per heavy atom. The number of rotatable bonds is 6. The Labute approximate surface area is 145 Å². The van der Waals surface area contributed by atoms with Crippen LogP contribution in [0.15, 0.2) is 18.2 Å². The summed E-state index contributed by atoms with van der Waals surface area (Å²) in [6.07, 6.45) is 0.558. The molecule has 134 valence electrons. The second kappa shape index (κ2) is 7.66. The zero-order valence-corrected chi connectivity index (χ0v) is 15.9. The molecule has 0 radical (unpaired) electrons. The van der Waals surface area contributed by atoms with Crippen molar-refractivity contribution < 1.29 is 13.2 Å². The van der Waals surface area contributed by atoms with Gasteiger partial charge in [-0.3, -0.25) is 9.69 Å². The lowest BCUT2D eigenvalue weighted by Crippen LogP contribution is -2.45. The van der Waals surface area contributed by atoms with Crippen LogP contribution in [0.5, 0.6) is 0 Å². The zero-order valence-electron chi connectivity index (χ0n) is 15.1. The molecule has 0 unspecified atom stereocenters. The van der Waals surface area contributed by atoms with Gasteiger partial charge in [-0.05, 0) is 45.4 Å². The lowest BCUT2D eigenvalue weighted by Gasteiger charge is -2.29. The summed E-state index contributed by atoms with van der Waals surface area (Å²) in [6.45, 7) is 7.62. The number of likely N-dealkylation sites (N-methyl/N-ethyl adjacent to an activating group) is 2. The van der Waals surface area contributed by atoms with Gasteiger partial charge in [-0.25, -0.2) is 8.42 Å². The number of hydrogen-bond acceptors (Lipinski definition) is 4. The molecule has 0 bridgehead atoms. The van der Waals surface area contributed by atoms with Gasteiger partial charge in [0, 0.05) is 19.1 Å². The van der Waals surface area contributed by atoms with Crippen molar-refractivity contribution in [3.05, 3.63) is 34.9 Å². The van der Waals surface area contributed by atoms with E-state index < -0.39 is 9.84 Å². The SMILES string of the molecule is CCN(C(=O)CN(C)Cc1ccc(C)cc1C)[C@H]1CCS(=O)(=O)C1. The second-order valence-corrected chi connectivity index (χ2v) is 9.07. The van der Waals surface area contributed by atoms with E-state index in [0.29, 0.717) is 26.1 Å². The minimum Gasteiger partial charge on any atom is -0.338 e. The first-order chi connectivity index (χ1) is 11.2. The van der Waals surface area contributed by atoms with Gasteiger partial charge >= 0.3 is 0 Å². The summed E-state index contributed by atoms with van der Waals surface area (Å²) in [5, 5.41) is 0. The first-order valence-corrected chi connectivity index (χ1v) is 10.3. The van der Waals surface area contributed by atoms with E-state index in [0.717, 1.165) is 0 Å². The van der Waals surface area contributed by atoms with Crippen LogP contribution in [0.25, 0.3) is 0 Å². The maximum Gasteiger partial charge on any atom is 0.237 e. The van der Waals surface area contributed by atoms with Crippen molar-refractivity contribution in [1.82, 2.24) is 9.80 Å². The normalized spacial score (nSPS) is 19.6. The molecule has 0 saturated carbocycles. The summed E-state index contributed by atoms with van der Waals surface area (Å²) in [5.41, 5.74) is 3.67. The Morgan fingerprint density at radius 1 is 1.29 bits per heavy atom. The molecular formula is C18H28N2O3S. The third kappa shape index (κ3) is 4.80. The molecule has 0 N–H and O–H groups in total. The van der Waals surface area contributed by atoms with E-state index in [1.54, 1.807) is 4.90 Å². The van der Waals surface area contributed by atoms with Crippen LogP contribution >= 0.6 is 0 Å². The predicted octanol–water partition coefficient (Wildman–Crippen LogP) is 1.77. The monoisotopic (exact) mass is 352 g/mol. The molecule has 5 nitrogen and oxygen atoms in total. The van der Waals surface area contributed by atoms with Gasteiger partial charge < -0.3 is 4.90 Å². The number of carbonyl (C=O) groups excluding carboxylic acids is 1. The van der Waals surface area contributed by atoms with Crippen LogP contribution in [0, 0.1) is 13.8 Å². The third-order valence-corrected chi connectivity index (χ3v) is 6.40. The van der Waals surface area contributed by atoms with Crippen LogP contribution in [0.2, 0.25) is 0 Å². The molecule has 1 atom stereocenters. The van der Waals surface area contributed by atoms with E-state index in [2.05, 4.69) is 32.0 Å². The quantitative estimate of drug-likeness (QED) is 0.783. The van der Waals surface area contributed by atoms with E-state index >= 15 is 0 Å². The van der Waals surface area contributed by atoms with Crippen LogP contribution in [-0.2, 0) is 21.2 Å². The van der Waals surface area contributed by atoms with Crippen LogP contribution in [0.1, 0.15) is 30.0 Å². The summed E-state index contributed by atoms with van der Waals surface area (Å²) in [5.74, 6) is 0.305.